The molecule has 0 saturated carbocycles. The molecule has 0 spiro atoms. The van der Waals surface area contributed by atoms with Crippen LogP contribution in [0.3, 0.4) is 0 Å². The first kappa shape index (κ1) is 11.7. The second kappa shape index (κ2) is 4.61. The number of hydrogen-bond acceptors (Lipinski definition) is 2. The zero-order valence-corrected chi connectivity index (χ0v) is 9.36. The van der Waals surface area contributed by atoms with Crippen molar-refractivity contribution in [2.45, 2.75) is 26.3 Å². The van der Waals surface area contributed by atoms with Crippen LogP contribution in [0.1, 0.15) is 17.5 Å². The van der Waals surface area contributed by atoms with Gasteiger partial charge in [-0.05, 0) is 18.1 Å². The van der Waals surface area contributed by atoms with Crippen molar-refractivity contribution >= 4 is 11.6 Å². The van der Waals surface area contributed by atoms with Gasteiger partial charge in [-0.15, -0.1) is 0 Å². The lowest BCUT2D eigenvalue weighted by molar-refractivity contribution is -0.129. The average molecular weight is 238 g/mol. The number of rotatable bonds is 3. The molecule has 0 radical (unpaired) electrons. The second-order valence-corrected chi connectivity index (χ2v) is 3.95. The molecule has 1 amide bonds. The van der Waals surface area contributed by atoms with Crippen molar-refractivity contribution in [1.82, 2.24) is 5.01 Å². The Balaban J connectivity index is 2.15. The summed E-state index contributed by atoms with van der Waals surface area (Å²) in [6.45, 7) is 2.16. The number of halogens is 2. The molecule has 1 heterocycles. The smallest absolute Gasteiger partial charge is 0.273 e. The summed E-state index contributed by atoms with van der Waals surface area (Å²) >= 11 is 0. The zero-order chi connectivity index (χ0) is 12.4. The minimum absolute atomic E-state index is 0.252. The van der Waals surface area contributed by atoms with Gasteiger partial charge < -0.3 is 0 Å². The molecule has 0 fully saturated rings. The van der Waals surface area contributed by atoms with Gasteiger partial charge in [0.15, 0.2) is 0 Å². The van der Waals surface area contributed by atoms with Crippen LogP contribution in [0.15, 0.2) is 29.4 Å². The Morgan fingerprint density at radius 2 is 2.12 bits per heavy atom. The monoisotopic (exact) mass is 238 g/mol. The maximum atomic E-state index is 12.4. The quantitative estimate of drug-likeness (QED) is 0.795. The van der Waals surface area contributed by atoms with Gasteiger partial charge in [-0.2, -0.15) is 5.10 Å². The van der Waals surface area contributed by atoms with E-state index in [1.807, 2.05) is 31.2 Å². The first-order valence-electron chi connectivity index (χ1n) is 5.28. The number of amides is 1. The van der Waals surface area contributed by atoms with Gasteiger partial charge in [-0.25, -0.2) is 13.8 Å². The first-order valence-corrected chi connectivity index (χ1v) is 5.28. The van der Waals surface area contributed by atoms with Gasteiger partial charge in [0.1, 0.15) is 5.71 Å². The molecule has 0 atom stereocenters. The third-order valence-electron chi connectivity index (χ3n) is 2.70. The summed E-state index contributed by atoms with van der Waals surface area (Å²) in [7, 11) is 0. The molecule has 0 aromatic heterocycles. The lowest BCUT2D eigenvalue weighted by Gasteiger charge is -2.13. The van der Waals surface area contributed by atoms with E-state index < -0.39 is 6.43 Å². The van der Waals surface area contributed by atoms with E-state index in [2.05, 4.69) is 5.10 Å². The van der Waals surface area contributed by atoms with Crippen LogP contribution in [-0.4, -0.2) is 23.1 Å². The summed E-state index contributed by atoms with van der Waals surface area (Å²) in [5, 5.41) is 4.77. The van der Waals surface area contributed by atoms with Crippen molar-refractivity contribution in [3.8, 4) is 0 Å². The molecule has 17 heavy (non-hydrogen) atoms. The lowest BCUT2D eigenvalue weighted by Crippen LogP contribution is -2.20. The second-order valence-electron chi connectivity index (χ2n) is 3.95. The molecule has 1 aliphatic heterocycles. The van der Waals surface area contributed by atoms with Crippen LogP contribution in [0.2, 0.25) is 0 Å². The highest BCUT2D eigenvalue weighted by molar-refractivity contribution is 6.06. The van der Waals surface area contributed by atoms with Crippen molar-refractivity contribution in [2.75, 3.05) is 0 Å². The number of nitrogens with zero attached hydrogens (tertiary/aromatic N) is 2. The average Bonchev–Trinajstić information content (AvgIpc) is 2.64. The molecular formula is C12H12F2N2O. The van der Waals surface area contributed by atoms with E-state index in [1.54, 1.807) is 0 Å². The van der Waals surface area contributed by atoms with Crippen LogP contribution in [0.5, 0.6) is 0 Å². The van der Waals surface area contributed by atoms with Gasteiger partial charge >= 0.3 is 0 Å². The highest BCUT2D eigenvalue weighted by atomic mass is 19.3. The molecule has 0 unspecified atom stereocenters. The van der Waals surface area contributed by atoms with Crippen molar-refractivity contribution in [2.24, 2.45) is 5.10 Å². The zero-order valence-electron chi connectivity index (χ0n) is 9.36. The summed E-state index contributed by atoms with van der Waals surface area (Å²) < 4.78 is 24.8. The molecule has 90 valence electrons. The van der Waals surface area contributed by atoms with Crippen LogP contribution in [0.4, 0.5) is 8.78 Å². The number of alkyl halides is 2. The molecular weight excluding hydrogens is 226 g/mol. The van der Waals surface area contributed by atoms with E-state index in [-0.39, 0.29) is 24.6 Å². The molecule has 1 aromatic carbocycles. The summed E-state index contributed by atoms with van der Waals surface area (Å²) in [4.78, 5) is 11.5. The van der Waals surface area contributed by atoms with E-state index in [4.69, 9.17) is 0 Å². The van der Waals surface area contributed by atoms with Crippen molar-refractivity contribution in [1.29, 1.82) is 0 Å². The normalized spacial score (nSPS) is 15.6. The number of aryl methyl sites for hydroxylation is 1. The van der Waals surface area contributed by atoms with Crippen molar-refractivity contribution in [3.05, 3.63) is 35.4 Å². The van der Waals surface area contributed by atoms with Crippen LogP contribution in [0, 0.1) is 6.92 Å². The molecule has 3 nitrogen and oxygen atoms in total. The summed E-state index contributed by atoms with van der Waals surface area (Å²) in [6.07, 6.45) is -2.93. The Hall–Kier alpha value is -1.78. The molecule has 0 bridgehead atoms. The van der Waals surface area contributed by atoms with E-state index in [0.29, 0.717) is 0 Å². The largest absolute Gasteiger partial charge is 0.278 e. The van der Waals surface area contributed by atoms with Gasteiger partial charge in [0.2, 0.25) is 5.91 Å². The minimum atomic E-state index is -2.65. The SMILES string of the molecule is Cc1ccccc1CN1N=C(C(F)F)CC1=O. The fourth-order valence-electron chi connectivity index (χ4n) is 1.69. The molecule has 0 saturated heterocycles. The van der Waals surface area contributed by atoms with E-state index in [0.717, 1.165) is 16.1 Å². The van der Waals surface area contributed by atoms with Gasteiger partial charge in [0.25, 0.3) is 6.43 Å². The molecule has 1 aromatic rings. The van der Waals surface area contributed by atoms with Gasteiger partial charge in [0.05, 0.1) is 13.0 Å². The summed E-state index contributed by atoms with van der Waals surface area (Å²) in [5.41, 5.74) is 1.59. The third-order valence-corrected chi connectivity index (χ3v) is 2.70. The topological polar surface area (TPSA) is 32.7 Å². The van der Waals surface area contributed by atoms with E-state index in [9.17, 15) is 13.6 Å². The fraction of sp³-hybridized carbons (Fsp3) is 0.333. The Labute approximate surface area is 97.7 Å². The summed E-state index contributed by atoms with van der Waals surface area (Å²) in [5.74, 6) is -0.372. The standard InChI is InChI=1S/C12H12F2N2O/c1-8-4-2-3-5-9(8)7-16-11(17)6-10(15-16)12(13)14/h2-5,12H,6-7H2,1H3. The third kappa shape index (κ3) is 2.49. The number of benzene rings is 1. The summed E-state index contributed by atoms with van der Waals surface area (Å²) in [6, 6.07) is 7.51. The number of hydrogen-bond donors (Lipinski definition) is 0. The Morgan fingerprint density at radius 3 is 2.71 bits per heavy atom. The first-order chi connectivity index (χ1) is 8.08. The molecule has 1 aliphatic rings. The maximum absolute atomic E-state index is 12.4. The molecule has 0 aliphatic carbocycles. The van der Waals surface area contributed by atoms with Gasteiger partial charge in [-0.1, -0.05) is 24.3 Å². The van der Waals surface area contributed by atoms with E-state index >= 15 is 0 Å². The number of carbonyl (C=O) groups is 1. The highest BCUT2D eigenvalue weighted by Crippen LogP contribution is 2.18. The minimum Gasteiger partial charge on any atom is -0.273 e. The Morgan fingerprint density at radius 1 is 1.41 bits per heavy atom. The Kier molecular flexibility index (Phi) is 3.17. The van der Waals surface area contributed by atoms with Crippen LogP contribution in [-0.2, 0) is 11.3 Å². The molecule has 5 heteroatoms. The maximum Gasteiger partial charge on any atom is 0.278 e. The van der Waals surface area contributed by atoms with Crippen LogP contribution < -0.4 is 0 Å². The fourth-order valence-corrected chi connectivity index (χ4v) is 1.69. The van der Waals surface area contributed by atoms with Crippen molar-refractivity contribution in [3.63, 3.8) is 0 Å². The predicted molar refractivity (Wildman–Crippen MR) is 59.8 cm³/mol. The molecule has 2 rings (SSSR count). The molecule has 0 N–H and O–H groups in total. The van der Waals surface area contributed by atoms with E-state index in [1.165, 1.54) is 0 Å². The lowest BCUT2D eigenvalue weighted by atomic mass is 10.1. The predicted octanol–water partition coefficient (Wildman–Crippen LogP) is 2.35. The highest BCUT2D eigenvalue weighted by Gasteiger charge is 2.29. The number of hydrazone groups is 1. The van der Waals surface area contributed by atoms with Gasteiger partial charge in [0, 0.05) is 0 Å². The van der Waals surface area contributed by atoms with Crippen LogP contribution >= 0.6 is 0 Å². The van der Waals surface area contributed by atoms with Gasteiger partial charge in [-0.3, -0.25) is 4.79 Å². The van der Waals surface area contributed by atoms with Crippen molar-refractivity contribution < 1.29 is 13.6 Å². The Bertz CT molecular complexity index is 471. The van der Waals surface area contributed by atoms with Crippen LogP contribution in [0.25, 0.3) is 0 Å². The number of carbonyl (C=O) groups excluding carboxylic acids is 1.